The Hall–Kier alpha value is -4.01. The Bertz CT molecular complexity index is 1100. The third-order valence-corrected chi connectivity index (χ3v) is 5.13. The molecule has 0 bridgehead atoms. The van der Waals surface area contributed by atoms with Crippen LogP contribution in [0.1, 0.15) is 63.2 Å². The summed E-state index contributed by atoms with van der Waals surface area (Å²) in [5, 5.41) is 13.0. The minimum Gasteiger partial charge on any atom is -0.481 e. The van der Waals surface area contributed by atoms with Gasteiger partial charge in [-0.1, -0.05) is 57.1 Å². The van der Waals surface area contributed by atoms with Crippen LogP contribution in [0.5, 0.6) is 0 Å². The lowest BCUT2D eigenvalue weighted by molar-refractivity contribution is -0.134. The van der Waals surface area contributed by atoms with Crippen molar-refractivity contribution in [2.75, 3.05) is 13.1 Å². The predicted molar refractivity (Wildman–Crippen MR) is 143 cm³/mol. The summed E-state index contributed by atoms with van der Waals surface area (Å²) in [4.78, 5) is 48.5. The number of oxazole rings is 1. The van der Waals surface area contributed by atoms with Crippen molar-refractivity contribution in [3.8, 4) is 0 Å². The first-order chi connectivity index (χ1) is 17.9. The Balaban J connectivity index is 0.00000104. The molecule has 0 saturated heterocycles. The molecule has 0 saturated carbocycles. The molecule has 0 radical (unpaired) electrons. The van der Waals surface area contributed by atoms with Crippen LogP contribution in [0.4, 0.5) is 0 Å². The van der Waals surface area contributed by atoms with E-state index in [1.54, 1.807) is 18.2 Å². The van der Waals surface area contributed by atoms with Crippen molar-refractivity contribution < 1.29 is 28.7 Å². The highest BCUT2D eigenvalue weighted by Crippen LogP contribution is 2.22. The lowest BCUT2D eigenvalue weighted by Gasteiger charge is -2.17. The van der Waals surface area contributed by atoms with E-state index in [1.807, 2.05) is 44.2 Å². The molecule has 1 aliphatic carbocycles. The monoisotopic (exact) mass is 511 g/mol. The van der Waals surface area contributed by atoms with E-state index in [4.69, 9.17) is 14.3 Å². The van der Waals surface area contributed by atoms with Gasteiger partial charge in [-0.2, -0.15) is 0 Å². The first-order valence-electron chi connectivity index (χ1n) is 12.5. The number of benzene rings is 1. The molecule has 0 aliphatic heterocycles. The van der Waals surface area contributed by atoms with Gasteiger partial charge in [0.2, 0.25) is 5.91 Å². The fraction of sp³-hybridized carbons (Fsp3) is 0.393. The normalized spacial score (nSPS) is 12.6. The van der Waals surface area contributed by atoms with E-state index in [9.17, 15) is 14.4 Å². The number of aliphatic carboxylic acids is 1. The number of carbonyl (C=O) groups excluding carboxylic acids is 3. The van der Waals surface area contributed by atoms with Crippen molar-refractivity contribution in [1.82, 2.24) is 15.6 Å². The fourth-order valence-corrected chi connectivity index (χ4v) is 3.50. The molecular formula is C28H37N3O6. The van der Waals surface area contributed by atoms with Gasteiger partial charge >= 0.3 is 0 Å². The highest BCUT2D eigenvalue weighted by atomic mass is 16.4. The third-order valence-electron chi connectivity index (χ3n) is 5.13. The molecule has 0 spiro atoms. The van der Waals surface area contributed by atoms with Gasteiger partial charge in [0, 0.05) is 19.0 Å². The van der Waals surface area contributed by atoms with Crippen molar-refractivity contribution in [3.63, 3.8) is 0 Å². The van der Waals surface area contributed by atoms with Crippen LogP contribution in [0.25, 0.3) is 11.1 Å². The molecule has 1 heterocycles. The molecule has 9 heteroatoms. The van der Waals surface area contributed by atoms with Gasteiger partial charge in [0.25, 0.3) is 11.9 Å². The van der Waals surface area contributed by atoms with Crippen molar-refractivity contribution in [1.29, 1.82) is 0 Å². The molecule has 1 unspecified atom stereocenters. The van der Waals surface area contributed by atoms with Crippen LogP contribution in [0.2, 0.25) is 0 Å². The second kappa shape index (κ2) is 18.3. The lowest BCUT2D eigenvalue weighted by Crippen LogP contribution is -2.32. The molecule has 1 aromatic heterocycles. The van der Waals surface area contributed by atoms with Gasteiger partial charge in [-0.25, -0.2) is 4.98 Å². The highest BCUT2D eigenvalue weighted by molar-refractivity contribution is 5.97. The number of fused-ring (bicyclic) bond motifs is 1. The van der Waals surface area contributed by atoms with Crippen LogP contribution < -0.4 is 10.6 Å². The molecule has 200 valence electrons. The first-order valence-corrected chi connectivity index (χ1v) is 12.5. The van der Waals surface area contributed by atoms with E-state index in [-0.39, 0.29) is 24.3 Å². The van der Waals surface area contributed by atoms with Crippen LogP contribution >= 0.6 is 0 Å². The van der Waals surface area contributed by atoms with Gasteiger partial charge < -0.3 is 25.0 Å². The van der Waals surface area contributed by atoms with Gasteiger partial charge in [0.15, 0.2) is 12.0 Å². The quantitative estimate of drug-likeness (QED) is 0.296. The summed E-state index contributed by atoms with van der Waals surface area (Å²) in [6.45, 7) is 5.66. The molecule has 1 atom stereocenters. The predicted octanol–water partition coefficient (Wildman–Crippen LogP) is 4.61. The second-order valence-electron chi connectivity index (χ2n) is 7.86. The number of amides is 2. The van der Waals surface area contributed by atoms with Crippen molar-refractivity contribution in [2.45, 2.75) is 52.9 Å². The maximum atomic E-state index is 12.5. The summed E-state index contributed by atoms with van der Waals surface area (Å²) in [5.41, 5.74) is 2.81. The minimum absolute atomic E-state index is 0.0222. The fourth-order valence-electron chi connectivity index (χ4n) is 3.50. The number of nitrogens with one attached hydrogen (secondary N) is 2. The molecule has 0 fully saturated rings. The topological polar surface area (TPSA) is 139 Å². The van der Waals surface area contributed by atoms with Gasteiger partial charge in [-0.3, -0.25) is 14.4 Å². The number of hydrogen-bond acceptors (Lipinski definition) is 6. The number of carbonyl (C=O) groups is 4. The summed E-state index contributed by atoms with van der Waals surface area (Å²) in [6, 6.07) is 5.16. The number of carboxylic acids is 1. The number of aromatic nitrogens is 1. The van der Waals surface area contributed by atoms with Gasteiger partial charge in [-0.15, -0.1) is 0 Å². The Labute approximate surface area is 217 Å². The zero-order chi connectivity index (χ0) is 27.5. The summed E-state index contributed by atoms with van der Waals surface area (Å²) in [5.74, 6) is -1.39. The van der Waals surface area contributed by atoms with Gasteiger partial charge in [0.05, 0.1) is 12.5 Å². The Morgan fingerprint density at radius 3 is 2.62 bits per heavy atom. The molecule has 9 nitrogen and oxygen atoms in total. The minimum atomic E-state index is -0.833. The summed E-state index contributed by atoms with van der Waals surface area (Å²) in [6.07, 6.45) is 16.1. The molecule has 1 aromatic carbocycles. The molecule has 2 aromatic rings. The summed E-state index contributed by atoms with van der Waals surface area (Å²) in [7, 11) is 0. The summed E-state index contributed by atoms with van der Waals surface area (Å²) < 4.78 is 5.19. The van der Waals surface area contributed by atoms with Crippen molar-refractivity contribution in [2.24, 2.45) is 5.92 Å². The zero-order valence-corrected chi connectivity index (χ0v) is 21.7. The highest BCUT2D eigenvalue weighted by Gasteiger charge is 2.20. The SMILES string of the molecule is CC.CC(=O)O.O=CCNC(=O)C(CCCCCNC(=O)c1ccc2ocnc2c1)C1=CC=CCC=C1. The molecule has 3 rings (SSSR count). The average molecular weight is 512 g/mol. The molecule has 2 amide bonds. The van der Waals surface area contributed by atoms with E-state index in [0.29, 0.717) is 35.9 Å². The smallest absolute Gasteiger partial charge is 0.300 e. The zero-order valence-electron chi connectivity index (χ0n) is 21.7. The number of unbranched alkanes of at least 4 members (excludes halogenated alkanes) is 2. The Morgan fingerprint density at radius 1 is 1.14 bits per heavy atom. The van der Waals surface area contributed by atoms with Crippen LogP contribution in [-0.2, 0) is 14.4 Å². The van der Waals surface area contributed by atoms with Crippen LogP contribution in [-0.4, -0.2) is 47.2 Å². The number of carboxylic acid groups (broad SMARTS) is 1. The number of hydrogen-bond donors (Lipinski definition) is 3. The molecular weight excluding hydrogens is 474 g/mol. The van der Waals surface area contributed by atoms with E-state index in [0.717, 1.165) is 38.2 Å². The largest absolute Gasteiger partial charge is 0.481 e. The average Bonchev–Trinajstić information content (AvgIpc) is 3.20. The molecule has 3 N–H and O–H groups in total. The molecule has 37 heavy (non-hydrogen) atoms. The van der Waals surface area contributed by atoms with E-state index in [1.165, 1.54) is 6.39 Å². The molecule has 1 aliphatic rings. The number of allylic oxidation sites excluding steroid dienone is 5. The Morgan fingerprint density at radius 2 is 1.89 bits per heavy atom. The number of rotatable bonds is 11. The lowest BCUT2D eigenvalue weighted by atomic mass is 9.91. The summed E-state index contributed by atoms with van der Waals surface area (Å²) >= 11 is 0. The van der Waals surface area contributed by atoms with Crippen molar-refractivity contribution in [3.05, 3.63) is 66.1 Å². The van der Waals surface area contributed by atoms with Crippen LogP contribution in [0.3, 0.4) is 0 Å². The maximum absolute atomic E-state index is 12.5. The second-order valence-corrected chi connectivity index (χ2v) is 7.86. The van der Waals surface area contributed by atoms with E-state index < -0.39 is 5.97 Å². The van der Waals surface area contributed by atoms with Gasteiger partial charge in [0.1, 0.15) is 11.8 Å². The maximum Gasteiger partial charge on any atom is 0.300 e. The van der Waals surface area contributed by atoms with Crippen LogP contribution in [0, 0.1) is 5.92 Å². The van der Waals surface area contributed by atoms with Crippen molar-refractivity contribution >= 4 is 35.2 Å². The first kappa shape index (κ1) is 31.0. The van der Waals surface area contributed by atoms with Gasteiger partial charge in [-0.05, 0) is 43.0 Å². The van der Waals surface area contributed by atoms with E-state index in [2.05, 4.69) is 15.6 Å². The number of aldehydes is 1. The third kappa shape index (κ3) is 12.0. The van der Waals surface area contributed by atoms with Crippen LogP contribution in [0.15, 0.2) is 65.0 Å². The number of nitrogens with zero attached hydrogens (tertiary/aromatic N) is 1. The standard InChI is InChI=1S/C24H27N3O4.C2H4O2.C2H6/c28-15-14-26-24(30)20(18-8-4-1-2-5-9-18)10-6-3-7-13-25-23(29)19-11-12-22-21(16-19)27-17-31-22;1-2(3)4;1-2/h1,4-5,8-9,11-12,15-17,20H,2-3,6-7,10,13-14H2,(H,25,29)(H,26,30);1H3,(H,3,4);1-2H3. The van der Waals surface area contributed by atoms with E-state index >= 15 is 0 Å². The Kier molecular flexibility index (Phi) is 15.3.